The van der Waals surface area contributed by atoms with E-state index in [-0.39, 0.29) is 5.91 Å². The third-order valence-corrected chi connectivity index (χ3v) is 4.92. The number of H-pyrrole nitrogens is 1. The highest BCUT2D eigenvalue weighted by Gasteiger charge is 2.32. The average molecular weight is 343 g/mol. The van der Waals surface area contributed by atoms with Gasteiger partial charge in [-0.15, -0.1) is 0 Å². The first-order valence-corrected chi connectivity index (χ1v) is 8.80. The van der Waals surface area contributed by atoms with Crippen LogP contribution < -0.4 is 5.32 Å². The summed E-state index contributed by atoms with van der Waals surface area (Å²) in [5.41, 5.74) is 3.47. The van der Waals surface area contributed by atoms with Crippen molar-refractivity contribution < 1.29 is 14.3 Å². The molecule has 0 radical (unpaired) electrons. The molecule has 1 saturated heterocycles. The Hall–Kier alpha value is -2.50. The molecule has 2 heterocycles. The van der Waals surface area contributed by atoms with Crippen LogP contribution in [0, 0.1) is 6.92 Å². The molecule has 1 fully saturated rings. The lowest BCUT2D eigenvalue weighted by atomic mass is 10.0. The largest absolute Gasteiger partial charge is 0.453 e. The second-order valence-corrected chi connectivity index (χ2v) is 6.49. The lowest BCUT2D eigenvalue weighted by Gasteiger charge is -2.33. The number of piperidine rings is 1. The van der Waals surface area contributed by atoms with E-state index in [0.29, 0.717) is 19.5 Å². The van der Waals surface area contributed by atoms with Crippen LogP contribution in [0.2, 0.25) is 0 Å². The van der Waals surface area contributed by atoms with Gasteiger partial charge in [-0.05, 0) is 44.2 Å². The molecule has 6 heteroatoms. The molecule has 1 aromatic heterocycles. The number of amides is 2. The topological polar surface area (TPSA) is 74.4 Å². The molecular weight excluding hydrogens is 318 g/mol. The molecule has 0 spiro atoms. The van der Waals surface area contributed by atoms with Gasteiger partial charge < -0.3 is 15.0 Å². The van der Waals surface area contributed by atoms with Gasteiger partial charge in [0.2, 0.25) is 5.91 Å². The van der Waals surface area contributed by atoms with E-state index in [0.717, 1.165) is 30.5 Å². The fourth-order valence-electron chi connectivity index (χ4n) is 3.63. The fraction of sp³-hybridized carbons (Fsp3) is 0.474. The van der Waals surface area contributed by atoms with Crippen LogP contribution in [0.15, 0.2) is 24.3 Å². The number of ether oxygens (including phenoxy) is 1. The monoisotopic (exact) mass is 343 g/mol. The highest BCUT2D eigenvalue weighted by atomic mass is 16.5. The molecule has 0 bridgehead atoms. The van der Waals surface area contributed by atoms with Gasteiger partial charge in [-0.3, -0.25) is 9.69 Å². The van der Waals surface area contributed by atoms with E-state index in [4.69, 9.17) is 4.74 Å². The van der Waals surface area contributed by atoms with Crippen LogP contribution in [0.1, 0.15) is 30.5 Å². The van der Waals surface area contributed by atoms with Crippen molar-refractivity contribution >= 4 is 22.9 Å². The first-order chi connectivity index (χ1) is 12.1. The lowest BCUT2D eigenvalue weighted by molar-refractivity contribution is -0.126. The molecule has 6 nitrogen and oxygen atoms in total. The Morgan fingerprint density at radius 2 is 2.12 bits per heavy atom. The SMILES string of the molecule is COC(=O)N1CCCC[C@@H]1C(=O)NCCc1c(C)[nH]c2ccccc12. The summed E-state index contributed by atoms with van der Waals surface area (Å²) in [5, 5.41) is 4.19. The standard InChI is InChI=1S/C19H25N3O3/c1-13-14(15-7-3-4-8-16(15)21-13)10-11-20-18(23)17-9-5-6-12-22(17)19(24)25-2/h3-4,7-8,17,21H,5-6,9-12H2,1-2H3,(H,20,23)/t17-/m1/s1. The fourth-order valence-corrected chi connectivity index (χ4v) is 3.63. The number of nitrogens with zero attached hydrogens (tertiary/aromatic N) is 1. The van der Waals surface area contributed by atoms with Gasteiger partial charge in [-0.2, -0.15) is 0 Å². The van der Waals surface area contributed by atoms with Crippen LogP contribution >= 0.6 is 0 Å². The zero-order valence-electron chi connectivity index (χ0n) is 14.8. The third-order valence-electron chi connectivity index (χ3n) is 4.92. The number of hydrogen-bond donors (Lipinski definition) is 2. The Morgan fingerprint density at radius 3 is 2.92 bits per heavy atom. The Balaban J connectivity index is 1.61. The number of methoxy groups -OCH3 is 1. The second kappa shape index (κ2) is 7.59. The van der Waals surface area contributed by atoms with Gasteiger partial charge >= 0.3 is 6.09 Å². The zero-order valence-corrected chi connectivity index (χ0v) is 14.8. The summed E-state index contributed by atoms with van der Waals surface area (Å²) in [6, 6.07) is 7.75. The third kappa shape index (κ3) is 3.62. The number of likely N-dealkylation sites (tertiary alicyclic amines) is 1. The van der Waals surface area contributed by atoms with Crippen LogP contribution in [0.3, 0.4) is 0 Å². The van der Waals surface area contributed by atoms with E-state index in [1.165, 1.54) is 23.0 Å². The number of carbonyl (C=O) groups is 2. The molecule has 0 aliphatic carbocycles. The summed E-state index contributed by atoms with van der Waals surface area (Å²) in [4.78, 5) is 29.3. The predicted octanol–water partition coefficient (Wildman–Crippen LogP) is 2.76. The van der Waals surface area contributed by atoms with Crippen molar-refractivity contribution in [3.05, 3.63) is 35.5 Å². The first kappa shape index (κ1) is 17.3. The van der Waals surface area contributed by atoms with Gasteiger partial charge in [0, 0.05) is 29.7 Å². The summed E-state index contributed by atoms with van der Waals surface area (Å²) >= 11 is 0. The van der Waals surface area contributed by atoms with Crippen molar-refractivity contribution in [2.24, 2.45) is 0 Å². The van der Waals surface area contributed by atoms with Crippen molar-refractivity contribution in [3.63, 3.8) is 0 Å². The van der Waals surface area contributed by atoms with E-state index >= 15 is 0 Å². The minimum Gasteiger partial charge on any atom is -0.453 e. The van der Waals surface area contributed by atoms with Crippen molar-refractivity contribution in [1.82, 2.24) is 15.2 Å². The molecule has 2 N–H and O–H groups in total. The minimum absolute atomic E-state index is 0.0948. The normalized spacial score (nSPS) is 17.5. The highest BCUT2D eigenvalue weighted by Crippen LogP contribution is 2.22. The Morgan fingerprint density at radius 1 is 1.32 bits per heavy atom. The van der Waals surface area contributed by atoms with E-state index in [1.807, 2.05) is 12.1 Å². The van der Waals surface area contributed by atoms with Gasteiger partial charge in [0.25, 0.3) is 0 Å². The van der Waals surface area contributed by atoms with Crippen molar-refractivity contribution in [1.29, 1.82) is 0 Å². The Kier molecular flexibility index (Phi) is 5.26. The molecule has 134 valence electrons. The predicted molar refractivity (Wildman–Crippen MR) is 96.5 cm³/mol. The van der Waals surface area contributed by atoms with Crippen LogP contribution in [0.25, 0.3) is 10.9 Å². The van der Waals surface area contributed by atoms with Crippen molar-refractivity contribution in [2.75, 3.05) is 20.2 Å². The molecule has 1 aliphatic rings. The molecule has 0 saturated carbocycles. The smallest absolute Gasteiger partial charge is 0.410 e. The average Bonchev–Trinajstić information content (AvgIpc) is 2.96. The maximum absolute atomic E-state index is 12.5. The van der Waals surface area contributed by atoms with Gasteiger partial charge in [0.05, 0.1) is 7.11 Å². The maximum Gasteiger partial charge on any atom is 0.410 e. The Labute approximate surface area is 147 Å². The molecule has 2 amide bonds. The summed E-state index contributed by atoms with van der Waals surface area (Å²) < 4.78 is 4.80. The molecule has 1 atom stereocenters. The first-order valence-electron chi connectivity index (χ1n) is 8.80. The summed E-state index contributed by atoms with van der Waals surface area (Å²) in [6.45, 7) is 3.18. The molecule has 2 aromatic rings. The highest BCUT2D eigenvalue weighted by molar-refractivity contribution is 5.86. The van der Waals surface area contributed by atoms with Crippen LogP contribution in [0.4, 0.5) is 4.79 Å². The Bertz CT molecular complexity index is 768. The molecule has 25 heavy (non-hydrogen) atoms. The number of aromatic nitrogens is 1. The van der Waals surface area contributed by atoms with Gasteiger partial charge in [-0.1, -0.05) is 18.2 Å². The maximum atomic E-state index is 12.5. The number of carbonyl (C=O) groups excluding carboxylic acids is 2. The number of aryl methyl sites for hydroxylation is 1. The number of nitrogens with one attached hydrogen (secondary N) is 2. The summed E-state index contributed by atoms with van der Waals surface area (Å²) in [7, 11) is 1.35. The zero-order chi connectivity index (χ0) is 17.8. The number of aromatic amines is 1. The van der Waals surface area contributed by atoms with Gasteiger partial charge in [0.1, 0.15) is 6.04 Å². The number of benzene rings is 1. The molecular formula is C19H25N3O3. The second-order valence-electron chi connectivity index (χ2n) is 6.49. The van der Waals surface area contributed by atoms with E-state index < -0.39 is 12.1 Å². The van der Waals surface area contributed by atoms with E-state index in [9.17, 15) is 9.59 Å². The minimum atomic E-state index is -0.426. The van der Waals surface area contributed by atoms with E-state index in [1.54, 1.807) is 0 Å². The summed E-state index contributed by atoms with van der Waals surface area (Å²) in [6.07, 6.45) is 2.88. The van der Waals surface area contributed by atoms with E-state index in [2.05, 4.69) is 29.4 Å². The molecule has 1 aromatic carbocycles. The van der Waals surface area contributed by atoms with Crippen molar-refractivity contribution in [2.45, 2.75) is 38.6 Å². The molecule has 0 unspecified atom stereocenters. The number of rotatable bonds is 4. The summed E-state index contributed by atoms with van der Waals surface area (Å²) in [5.74, 6) is -0.0948. The van der Waals surface area contributed by atoms with Crippen LogP contribution in [-0.2, 0) is 16.0 Å². The van der Waals surface area contributed by atoms with Crippen molar-refractivity contribution in [3.8, 4) is 0 Å². The van der Waals surface area contributed by atoms with Gasteiger partial charge in [-0.25, -0.2) is 4.79 Å². The number of fused-ring (bicyclic) bond motifs is 1. The number of hydrogen-bond acceptors (Lipinski definition) is 3. The van der Waals surface area contributed by atoms with Crippen LogP contribution in [0.5, 0.6) is 0 Å². The lowest BCUT2D eigenvalue weighted by Crippen LogP contribution is -2.52. The van der Waals surface area contributed by atoms with Crippen LogP contribution in [-0.4, -0.2) is 48.1 Å². The number of para-hydroxylation sites is 1. The molecule has 1 aliphatic heterocycles. The molecule has 3 rings (SSSR count). The van der Waals surface area contributed by atoms with Gasteiger partial charge in [0.15, 0.2) is 0 Å². The quantitative estimate of drug-likeness (QED) is 0.896.